The summed E-state index contributed by atoms with van der Waals surface area (Å²) >= 11 is 0. The third-order valence-corrected chi connectivity index (χ3v) is 5.80. The second-order valence-corrected chi connectivity index (χ2v) is 8.38. The summed E-state index contributed by atoms with van der Waals surface area (Å²) < 4.78 is 5.36. The fraction of sp³-hybridized carbons (Fsp3) is 0.214. The number of ether oxygens (including phenoxy) is 1. The van der Waals surface area contributed by atoms with Crippen LogP contribution in [0.3, 0.4) is 0 Å². The topological polar surface area (TPSA) is 79.3 Å². The van der Waals surface area contributed by atoms with E-state index >= 15 is 0 Å². The van der Waals surface area contributed by atoms with Gasteiger partial charge < -0.3 is 9.64 Å². The van der Waals surface area contributed by atoms with E-state index in [9.17, 15) is 14.4 Å². The molecule has 0 radical (unpaired) electrons. The van der Waals surface area contributed by atoms with Crippen molar-refractivity contribution in [1.82, 2.24) is 5.01 Å². The fourth-order valence-corrected chi connectivity index (χ4v) is 3.74. The summed E-state index contributed by atoms with van der Waals surface area (Å²) in [6, 6.07) is 23.8. The molecular weight excluding hydrogens is 442 g/mol. The minimum absolute atomic E-state index is 0.0241. The van der Waals surface area contributed by atoms with Gasteiger partial charge in [0.25, 0.3) is 5.91 Å². The highest BCUT2D eigenvalue weighted by atomic mass is 16.5. The van der Waals surface area contributed by atoms with Gasteiger partial charge in [-0.1, -0.05) is 48.0 Å². The summed E-state index contributed by atoms with van der Waals surface area (Å²) in [7, 11) is 1.69. The third kappa shape index (κ3) is 6.00. The first-order valence-electron chi connectivity index (χ1n) is 11.5. The van der Waals surface area contributed by atoms with Crippen LogP contribution in [0.15, 0.2) is 84.0 Å². The van der Waals surface area contributed by atoms with Gasteiger partial charge in [0.05, 0.1) is 18.7 Å². The Morgan fingerprint density at radius 3 is 2.29 bits per heavy atom. The summed E-state index contributed by atoms with van der Waals surface area (Å²) in [4.78, 5) is 38.9. The fourth-order valence-electron chi connectivity index (χ4n) is 3.74. The Balaban J connectivity index is 1.27. The summed E-state index contributed by atoms with van der Waals surface area (Å²) in [5.74, 6) is -0.484. The largest absolute Gasteiger partial charge is 0.427 e. The molecule has 178 valence electrons. The van der Waals surface area contributed by atoms with Crippen LogP contribution in [0.5, 0.6) is 5.75 Å². The molecular formula is C28H27N3O4. The van der Waals surface area contributed by atoms with Gasteiger partial charge >= 0.3 is 5.97 Å². The van der Waals surface area contributed by atoms with Crippen LogP contribution in [-0.4, -0.2) is 42.1 Å². The molecule has 0 atom stereocenters. The molecule has 0 aromatic heterocycles. The predicted molar refractivity (Wildman–Crippen MR) is 135 cm³/mol. The van der Waals surface area contributed by atoms with Gasteiger partial charge in [0.1, 0.15) is 5.75 Å². The molecule has 3 aromatic carbocycles. The molecule has 7 heteroatoms. The number of benzene rings is 3. The van der Waals surface area contributed by atoms with Gasteiger partial charge in [-0.05, 0) is 48.9 Å². The van der Waals surface area contributed by atoms with E-state index in [0.717, 1.165) is 16.8 Å². The summed E-state index contributed by atoms with van der Waals surface area (Å²) in [6.07, 6.45) is 0.669. The molecule has 0 N–H and O–H groups in total. The lowest BCUT2D eigenvalue weighted by Gasteiger charge is -2.18. The number of nitrogens with zero attached hydrogens (tertiary/aromatic N) is 3. The van der Waals surface area contributed by atoms with E-state index in [1.54, 1.807) is 43.4 Å². The lowest BCUT2D eigenvalue weighted by molar-refractivity contribution is -0.138. The summed E-state index contributed by atoms with van der Waals surface area (Å²) in [5.41, 5.74) is 4.22. The molecule has 4 rings (SSSR count). The van der Waals surface area contributed by atoms with Gasteiger partial charge in [-0.2, -0.15) is 5.10 Å². The Bertz CT molecular complexity index is 1240. The van der Waals surface area contributed by atoms with Crippen LogP contribution in [0, 0.1) is 6.92 Å². The first-order chi connectivity index (χ1) is 16.9. The van der Waals surface area contributed by atoms with Crippen molar-refractivity contribution in [3.8, 4) is 5.75 Å². The molecule has 0 saturated heterocycles. The van der Waals surface area contributed by atoms with Gasteiger partial charge in [-0.25, -0.2) is 5.01 Å². The molecule has 1 aliphatic heterocycles. The van der Waals surface area contributed by atoms with E-state index < -0.39 is 5.97 Å². The van der Waals surface area contributed by atoms with Crippen LogP contribution in [0.2, 0.25) is 0 Å². The minimum atomic E-state index is -0.498. The Labute approximate surface area is 204 Å². The quantitative estimate of drug-likeness (QED) is 0.374. The number of hydrogen-bond acceptors (Lipinski definition) is 5. The third-order valence-electron chi connectivity index (χ3n) is 5.80. The van der Waals surface area contributed by atoms with Crippen molar-refractivity contribution in [2.75, 3.05) is 18.5 Å². The Morgan fingerprint density at radius 1 is 0.914 bits per heavy atom. The van der Waals surface area contributed by atoms with Crippen molar-refractivity contribution in [1.29, 1.82) is 0 Å². The highest BCUT2D eigenvalue weighted by molar-refractivity contribution is 6.05. The van der Waals surface area contributed by atoms with Crippen molar-refractivity contribution in [2.45, 2.75) is 26.2 Å². The summed E-state index contributed by atoms with van der Waals surface area (Å²) in [6.45, 7) is 2.48. The minimum Gasteiger partial charge on any atom is -0.427 e. The monoisotopic (exact) mass is 469 g/mol. The number of anilines is 1. The molecule has 0 aliphatic carbocycles. The average Bonchev–Trinajstić information content (AvgIpc) is 3.38. The zero-order valence-corrected chi connectivity index (χ0v) is 19.8. The number of hydrogen-bond donors (Lipinski definition) is 0. The van der Waals surface area contributed by atoms with Gasteiger partial charge in [0.2, 0.25) is 5.91 Å². The first kappa shape index (κ1) is 23.9. The molecule has 0 unspecified atom stereocenters. The van der Waals surface area contributed by atoms with E-state index in [2.05, 4.69) is 5.10 Å². The molecule has 0 saturated carbocycles. The highest BCUT2D eigenvalue weighted by Gasteiger charge is 2.22. The van der Waals surface area contributed by atoms with Gasteiger partial charge in [-0.15, -0.1) is 0 Å². The highest BCUT2D eigenvalue weighted by Crippen LogP contribution is 2.21. The lowest BCUT2D eigenvalue weighted by atomic mass is 10.1. The molecule has 3 aromatic rings. The number of carbonyl (C=O) groups excluding carboxylic acids is 3. The normalized spacial score (nSPS) is 12.7. The van der Waals surface area contributed by atoms with Crippen LogP contribution >= 0.6 is 0 Å². The number of hydrazone groups is 1. The van der Waals surface area contributed by atoms with E-state index in [1.165, 1.54) is 9.91 Å². The molecule has 1 aliphatic rings. The number of aryl methyl sites for hydroxylation is 1. The van der Waals surface area contributed by atoms with Crippen molar-refractivity contribution in [3.05, 3.63) is 95.6 Å². The molecule has 0 fully saturated rings. The second kappa shape index (κ2) is 10.8. The number of rotatable bonds is 7. The molecule has 1 heterocycles. The SMILES string of the molecule is Cc1ccc(C(=O)N(C)c2ccc(OC(=O)CCC(=O)N3CCC(c4ccccc4)=N3)cc2)cc1. The van der Waals surface area contributed by atoms with Crippen LogP contribution in [0.4, 0.5) is 5.69 Å². The zero-order chi connectivity index (χ0) is 24.8. The predicted octanol–water partition coefficient (Wildman–Crippen LogP) is 4.59. The Hall–Kier alpha value is -4.26. The zero-order valence-electron chi connectivity index (χ0n) is 19.8. The standard InChI is InChI=1S/C28H27N3O4/c1-20-8-10-22(11-9-20)28(34)30(2)23-12-14-24(15-13-23)35-27(33)17-16-26(32)31-19-18-25(29-31)21-6-4-3-5-7-21/h3-15H,16-19H2,1-2H3. The van der Waals surface area contributed by atoms with Crippen molar-refractivity contribution >= 4 is 29.2 Å². The second-order valence-electron chi connectivity index (χ2n) is 8.38. The van der Waals surface area contributed by atoms with E-state index in [4.69, 9.17) is 4.74 Å². The van der Waals surface area contributed by atoms with Crippen LogP contribution < -0.4 is 9.64 Å². The number of carbonyl (C=O) groups is 3. The molecule has 7 nitrogen and oxygen atoms in total. The van der Waals surface area contributed by atoms with Gasteiger partial charge in [-0.3, -0.25) is 14.4 Å². The summed E-state index contributed by atoms with van der Waals surface area (Å²) in [5, 5.41) is 5.82. The van der Waals surface area contributed by atoms with Gasteiger partial charge in [0.15, 0.2) is 0 Å². The van der Waals surface area contributed by atoms with Crippen molar-refractivity contribution in [3.63, 3.8) is 0 Å². The maximum atomic E-state index is 12.7. The van der Waals surface area contributed by atoms with Crippen molar-refractivity contribution < 1.29 is 19.1 Å². The van der Waals surface area contributed by atoms with Crippen molar-refractivity contribution in [2.24, 2.45) is 5.10 Å². The van der Waals surface area contributed by atoms with Crippen LogP contribution in [0.1, 0.15) is 40.7 Å². The maximum Gasteiger partial charge on any atom is 0.311 e. The van der Waals surface area contributed by atoms with Gasteiger partial charge in [0, 0.05) is 31.1 Å². The van der Waals surface area contributed by atoms with E-state index in [-0.39, 0.29) is 24.7 Å². The molecule has 2 amide bonds. The number of amides is 2. The smallest absolute Gasteiger partial charge is 0.311 e. The number of esters is 1. The average molecular weight is 470 g/mol. The first-order valence-corrected chi connectivity index (χ1v) is 11.5. The van der Waals surface area contributed by atoms with Crippen LogP contribution in [0.25, 0.3) is 0 Å². The Kier molecular flexibility index (Phi) is 7.35. The van der Waals surface area contributed by atoms with E-state index in [0.29, 0.717) is 30.0 Å². The van der Waals surface area contributed by atoms with Crippen LogP contribution in [-0.2, 0) is 9.59 Å². The Morgan fingerprint density at radius 2 is 1.60 bits per heavy atom. The lowest BCUT2D eigenvalue weighted by Crippen LogP contribution is -2.26. The molecule has 0 bridgehead atoms. The molecule has 0 spiro atoms. The maximum absolute atomic E-state index is 12.7. The molecule has 35 heavy (non-hydrogen) atoms. The van der Waals surface area contributed by atoms with E-state index in [1.807, 2.05) is 49.4 Å².